The largest absolute Gasteiger partial charge is 0.417 e. The first-order chi connectivity index (χ1) is 14.1. The lowest BCUT2D eigenvalue weighted by molar-refractivity contribution is -0.137. The Morgan fingerprint density at radius 3 is 2.53 bits per heavy atom. The zero-order valence-corrected chi connectivity index (χ0v) is 17.4. The molecule has 2 aromatic carbocycles. The van der Waals surface area contributed by atoms with E-state index in [1.165, 1.54) is 0 Å². The molecule has 1 saturated heterocycles. The molecule has 0 spiro atoms. The van der Waals surface area contributed by atoms with Crippen molar-refractivity contribution in [2.45, 2.75) is 36.4 Å². The van der Waals surface area contributed by atoms with Crippen LogP contribution in [0.4, 0.5) is 13.2 Å². The summed E-state index contributed by atoms with van der Waals surface area (Å²) in [7, 11) is -4.22. The lowest BCUT2D eigenvalue weighted by Gasteiger charge is -2.25. The molecule has 1 atom stereocenters. The van der Waals surface area contributed by atoms with Gasteiger partial charge < -0.3 is 4.90 Å². The third-order valence-electron chi connectivity index (χ3n) is 4.94. The summed E-state index contributed by atoms with van der Waals surface area (Å²) in [4.78, 5) is 13.8. The van der Waals surface area contributed by atoms with Gasteiger partial charge in [-0.2, -0.15) is 13.2 Å². The van der Waals surface area contributed by atoms with E-state index >= 15 is 0 Å². The van der Waals surface area contributed by atoms with Crippen molar-refractivity contribution in [1.29, 1.82) is 0 Å². The summed E-state index contributed by atoms with van der Waals surface area (Å²) >= 11 is 5.53. The van der Waals surface area contributed by atoms with Crippen LogP contribution in [0, 0.1) is 0 Å². The molecule has 30 heavy (non-hydrogen) atoms. The second kappa shape index (κ2) is 8.95. The molecule has 0 bridgehead atoms. The molecule has 0 aliphatic carbocycles. The fraction of sp³-hybridized carbons (Fsp3) is 0.350. The summed E-state index contributed by atoms with van der Waals surface area (Å²) in [6.07, 6.45) is -3.20. The average molecular weight is 461 g/mol. The van der Waals surface area contributed by atoms with Gasteiger partial charge in [0.15, 0.2) is 0 Å². The smallest absolute Gasteiger partial charge is 0.336 e. The summed E-state index contributed by atoms with van der Waals surface area (Å²) < 4.78 is 65.8. The van der Waals surface area contributed by atoms with Crippen LogP contribution in [0.2, 0.25) is 5.02 Å². The van der Waals surface area contributed by atoms with Gasteiger partial charge in [0.05, 0.1) is 21.5 Å². The first kappa shape index (κ1) is 22.6. The molecule has 0 aromatic heterocycles. The third-order valence-corrected chi connectivity index (χ3v) is 6.73. The van der Waals surface area contributed by atoms with E-state index in [1.807, 2.05) is 30.3 Å². The molecule has 1 amide bonds. The van der Waals surface area contributed by atoms with Crippen LogP contribution in [0.15, 0.2) is 53.4 Å². The van der Waals surface area contributed by atoms with Crippen molar-refractivity contribution in [1.82, 2.24) is 9.62 Å². The molecule has 1 aliphatic rings. The molecule has 2 aromatic rings. The summed E-state index contributed by atoms with van der Waals surface area (Å²) in [6.45, 7) is 0.362. The van der Waals surface area contributed by atoms with Gasteiger partial charge in [-0.3, -0.25) is 4.79 Å². The molecule has 0 radical (unpaired) electrons. The van der Waals surface area contributed by atoms with Crippen molar-refractivity contribution < 1.29 is 26.4 Å². The van der Waals surface area contributed by atoms with Crippen molar-refractivity contribution >= 4 is 27.5 Å². The van der Waals surface area contributed by atoms with Gasteiger partial charge in [-0.1, -0.05) is 41.9 Å². The van der Waals surface area contributed by atoms with Crippen molar-refractivity contribution in [3.63, 3.8) is 0 Å². The first-order valence-corrected chi connectivity index (χ1v) is 11.2. The second-order valence-corrected chi connectivity index (χ2v) is 9.12. The molecule has 10 heteroatoms. The van der Waals surface area contributed by atoms with Crippen LogP contribution < -0.4 is 4.72 Å². The minimum absolute atomic E-state index is 0.0547. The Hall–Kier alpha value is -2.10. The highest BCUT2D eigenvalue weighted by molar-refractivity contribution is 7.89. The van der Waals surface area contributed by atoms with Gasteiger partial charge in [-0.25, -0.2) is 13.1 Å². The normalized spacial score (nSPS) is 17.3. The van der Waals surface area contributed by atoms with Gasteiger partial charge in [0.25, 0.3) is 0 Å². The highest BCUT2D eigenvalue weighted by Gasteiger charge is 2.34. The van der Waals surface area contributed by atoms with Crippen molar-refractivity contribution in [2.24, 2.45) is 0 Å². The summed E-state index contributed by atoms with van der Waals surface area (Å²) in [6, 6.07) is 11.9. The van der Waals surface area contributed by atoms with Gasteiger partial charge in [-0.05, 0) is 36.6 Å². The first-order valence-electron chi connectivity index (χ1n) is 9.30. The average Bonchev–Trinajstić information content (AvgIpc) is 3.17. The van der Waals surface area contributed by atoms with E-state index in [2.05, 4.69) is 4.72 Å². The Morgan fingerprint density at radius 1 is 1.17 bits per heavy atom. The maximum atomic E-state index is 13.0. The molecule has 1 aliphatic heterocycles. The Labute approximate surface area is 177 Å². The predicted molar refractivity (Wildman–Crippen MR) is 106 cm³/mol. The summed E-state index contributed by atoms with van der Waals surface area (Å²) in [5.74, 6) is -0.212. The van der Waals surface area contributed by atoms with Crippen molar-refractivity contribution in [3.05, 3.63) is 64.7 Å². The van der Waals surface area contributed by atoms with Gasteiger partial charge in [0.1, 0.15) is 0 Å². The molecule has 3 rings (SSSR count). The molecule has 5 nitrogen and oxygen atoms in total. The molecule has 1 fully saturated rings. The third kappa shape index (κ3) is 5.14. The lowest BCUT2D eigenvalue weighted by Crippen LogP contribution is -2.34. The minimum Gasteiger partial charge on any atom is -0.336 e. The molecule has 1 unspecified atom stereocenters. The number of sulfonamides is 1. The molecule has 1 N–H and O–H groups in total. The Kier molecular flexibility index (Phi) is 6.74. The van der Waals surface area contributed by atoms with E-state index in [9.17, 15) is 26.4 Å². The fourth-order valence-corrected chi connectivity index (χ4v) is 4.78. The maximum absolute atomic E-state index is 13.0. The van der Waals surface area contributed by atoms with Crippen LogP contribution in [-0.2, 0) is 21.0 Å². The zero-order chi connectivity index (χ0) is 21.9. The molecule has 162 valence electrons. The highest BCUT2D eigenvalue weighted by Crippen LogP contribution is 2.36. The SMILES string of the molecule is O=C(CCNS(=O)(=O)c1ccc(Cl)c(C(F)(F)F)c1)N1CCCC1c1ccccc1. The summed E-state index contributed by atoms with van der Waals surface area (Å²) in [5.41, 5.74) is -0.212. The van der Waals surface area contributed by atoms with Crippen LogP contribution >= 0.6 is 11.6 Å². The number of halogens is 4. The lowest BCUT2D eigenvalue weighted by atomic mass is 10.0. The van der Waals surface area contributed by atoms with E-state index in [-0.39, 0.29) is 24.9 Å². The van der Waals surface area contributed by atoms with E-state index < -0.39 is 31.7 Å². The number of alkyl halides is 3. The molecule has 0 saturated carbocycles. The number of hydrogen-bond acceptors (Lipinski definition) is 3. The van der Waals surface area contributed by atoms with Gasteiger partial charge in [0.2, 0.25) is 15.9 Å². The fourth-order valence-electron chi connectivity index (χ4n) is 3.50. The van der Waals surface area contributed by atoms with Crippen LogP contribution in [0.5, 0.6) is 0 Å². The number of hydrogen-bond donors (Lipinski definition) is 1. The number of carbonyl (C=O) groups is 1. The topological polar surface area (TPSA) is 66.5 Å². The minimum atomic E-state index is -4.78. The highest BCUT2D eigenvalue weighted by atomic mass is 35.5. The number of nitrogens with one attached hydrogen (secondary N) is 1. The van der Waals surface area contributed by atoms with Crippen LogP contribution in [-0.4, -0.2) is 32.3 Å². The predicted octanol–water partition coefficient (Wildman–Crippen LogP) is 4.39. The van der Waals surface area contributed by atoms with Crippen molar-refractivity contribution in [2.75, 3.05) is 13.1 Å². The maximum Gasteiger partial charge on any atom is 0.417 e. The van der Waals surface area contributed by atoms with Gasteiger partial charge >= 0.3 is 6.18 Å². The molecular formula is C20H20ClF3N2O3S. The van der Waals surface area contributed by atoms with Gasteiger partial charge in [0, 0.05) is 19.5 Å². The number of nitrogens with zero attached hydrogens (tertiary/aromatic N) is 1. The quantitative estimate of drug-likeness (QED) is 0.695. The van der Waals surface area contributed by atoms with E-state index in [0.717, 1.165) is 30.5 Å². The van der Waals surface area contributed by atoms with Crippen LogP contribution in [0.3, 0.4) is 0 Å². The zero-order valence-electron chi connectivity index (χ0n) is 15.8. The van der Waals surface area contributed by atoms with E-state index in [4.69, 9.17) is 11.6 Å². The second-order valence-electron chi connectivity index (χ2n) is 6.94. The van der Waals surface area contributed by atoms with E-state index in [1.54, 1.807) is 4.90 Å². The Balaban J connectivity index is 1.64. The standard InChI is InChI=1S/C20H20ClF3N2O3S/c21-17-9-8-15(13-16(17)20(22,23)24)30(28,29)25-11-10-19(27)26-12-4-7-18(26)14-5-2-1-3-6-14/h1-3,5-6,8-9,13,18,25H,4,7,10-12H2. The van der Waals surface area contributed by atoms with Crippen LogP contribution in [0.1, 0.15) is 36.4 Å². The number of carbonyl (C=O) groups excluding carboxylic acids is 1. The van der Waals surface area contributed by atoms with Gasteiger partial charge in [-0.15, -0.1) is 0 Å². The number of amides is 1. The van der Waals surface area contributed by atoms with Crippen LogP contribution in [0.25, 0.3) is 0 Å². The monoisotopic (exact) mass is 460 g/mol. The molecule has 1 heterocycles. The Morgan fingerprint density at radius 2 is 1.87 bits per heavy atom. The molecular weight excluding hydrogens is 441 g/mol. The number of likely N-dealkylation sites (tertiary alicyclic amines) is 1. The Bertz CT molecular complexity index is 1010. The summed E-state index contributed by atoms with van der Waals surface area (Å²) in [5, 5.41) is -0.586. The number of benzene rings is 2. The number of rotatable bonds is 6. The van der Waals surface area contributed by atoms with Crippen molar-refractivity contribution in [3.8, 4) is 0 Å². The van der Waals surface area contributed by atoms with E-state index in [0.29, 0.717) is 12.6 Å².